The SMILES string of the molecule is CCN(CC)C(N)=NCC(C)c1ccc(C)cc1.I. The molecule has 0 amide bonds. The van der Waals surface area contributed by atoms with Crippen molar-refractivity contribution < 1.29 is 0 Å². The van der Waals surface area contributed by atoms with Crippen LogP contribution in [-0.4, -0.2) is 30.5 Å². The Labute approximate surface area is 134 Å². The molecule has 0 spiro atoms. The predicted molar refractivity (Wildman–Crippen MR) is 94.4 cm³/mol. The van der Waals surface area contributed by atoms with Gasteiger partial charge >= 0.3 is 0 Å². The zero-order chi connectivity index (χ0) is 13.5. The minimum atomic E-state index is 0. The van der Waals surface area contributed by atoms with Crippen LogP contribution in [0.15, 0.2) is 29.3 Å². The molecule has 1 aromatic rings. The maximum absolute atomic E-state index is 5.97. The molecule has 0 saturated heterocycles. The summed E-state index contributed by atoms with van der Waals surface area (Å²) in [5.74, 6) is 1.05. The van der Waals surface area contributed by atoms with Crippen molar-refractivity contribution in [2.45, 2.75) is 33.6 Å². The highest BCUT2D eigenvalue weighted by Crippen LogP contribution is 2.16. The molecule has 0 saturated carbocycles. The normalized spacial score (nSPS) is 12.7. The summed E-state index contributed by atoms with van der Waals surface area (Å²) in [6.45, 7) is 11.0. The second-order valence-corrected chi connectivity index (χ2v) is 4.68. The van der Waals surface area contributed by atoms with E-state index in [1.807, 2.05) is 0 Å². The molecular formula is C15H26IN3. The van der Waals surface area contributed by atoms with Crippen molar-refractivity contribution in [1.29, 1.82) is 0 Å². The van der Waals surface area contributed by atoms with Gasteiger partial charge in [0.2, 0.25) is 0 Å². The van der Waals surface area contributed by atoms with Gasteiger partial charge in [0.1, 0.15) is 0 Å². The molecule has 1 unspecified atom stereocenters. The number of halogens is 1. The van der Waals surface area contributed by atoms with E-state index in [4.69, 9.17) is 5.73 Å². The van der Waals surface area contributed by atoms with Gasteiger partial charge in [-0.05, 0) is 26.3 Å². The van der Waals surface area contributed by atoms with E-state index in [2.05, 4.69) is 61.9 Å². The first-order valence-electron chi connectivity index (χ1n) is 6.69. The molecule has 0 aliphatic carbocycles. The fourth-order valence-corrected chi connectivity index (χ4v) is 1.88. The Kier molecular flexibility index (Phi) is 8.80. The second-order valence-electron chi connectivity index (χ2n) is 4.68. The molecule has 108 valence electrons. The quantitative estimate of drug-likeness (QED) is 0.487. The van der Waals surface area contributed by atoms with Gasteiger partial charge in [0.25, 0.3) is 0 Å². The lowest BCUT2D eigenvalue weighted by Gasteiger charge is -2.20. The van der Waals surface area contributed by atoms with Crippen LogP contribution < -0.4 is 5.73 Å². The highest BCUT2D eigenvalue weighted by Gasteiger charge is 2.06. The first-order chi connectivity index (χ1) is 8.58. The third-order valence-corrected chi connectivity index (χ3v) is 3.26. The molecule has 0 aliphatic heterocycles. The Morgan fingerprint density at radius 3 is 2.21 bits per heavy atom. The molecule has 0 aliphatic rings. The number of aryl methyl sites for hydroxylation is 1. The van der Waals surface area contributed by atoms with Crippen LogP contribution in [0.1, 0.15) is 37.8 Å². The number of nitrogens with two attached hydrogens (primary N) is 1. The number of rotatable bonds is 5. The van der Waals surface area contributed by atoms with Crippen molar-refractivity contribution in [3.63, 3.8) is 0 Å². The predicted octanol–water partition coefficient (Wildman–Crippen LogP) is 3.37. The van der Waals surface area contributed by atoms with Gasteiger partial charge in [0.15, 0.2) is 5.96 Å². The number of benzene rings is 1. The first-order valence-corrected chi connectivity index (χ1v) is 6.69. The van der Waals surface area contributed by atoms with Crippen LogP contribution in [0, 0.1) is 6.92 Å². The zero-order valence-corrected chi connectivity index (χ0v) is 14.7. The maximum Gasteiger partial charge on any atom is 0.191 e. The molecule has 0 radical (unpaired) electrons. The number of nitrogens with zero attached hydrogens (tertiary/aromatic N) is 2. The van der Waals surface area contributed by atoms with Crippen LogP contribution in [0.3, 0.4) is 0 Å². The van der Waals surface area contributed by atoms with Gasteiger partial charge in [0, 0.05) is 25.6 Å². The van der Waals surface area contributed by atoms with Crippen LogP contribution in [-0.2, 0) is 0 Å². The van der Waals surface area contributed by atoms with Crippen molar-refractivity contribution in [2.75, 3.05) is 19.6 Å². The molecule has 4 heteroatoms. The highest BCUT2D eigenvalue weighted by atomic mass is 127. The summed E-state index contributed by atoms with van der Waals surface area (Å²) in [6, 6.07) is 8.62. The van der Waals surface area contributed by atoms with Gasteiger partial charge in [-0.25, -0.2) is 0 Å². The van der Waals surface area contributed by atoms with Gasteiger partial charge in [0.05, 0.1) is 0 Å². The molecule has 0 aromatic heterocycles. The van der Waals surface area contributed by atoms with E-state index in [9.17, 15) is 0 Å². The van der Waals surface area contributed by atoms with Crippen molar-refractivity contribution in [2.24, 2.45) is 10.7 Å². The summed E-state index contributed by atoms with van der Waals surface area (Å²) in [5, 5.41) is 0. The van der Waals surface area contributed by atoms with E-state index < -0.39 is 0 Å². The Balaban J connectivity index is 0.00000324. The summed E-state index contributed by atoms with van der Waals surface area (Å²) in [4.78, 5) is 6.56. The number of aliphatic imine (C=N–C) groups is 1. The maximum atomic E-state index is 5.97. The van der Waals surface area contributed by atoms with E-state index in [0.717, 1.165) is 19.6 Å². The smallest absolute Gasteiger partial charge is 0.191 e. The summed E-state index contributed by atoms with van der Waals surface area (Å²) >= 11 is 0. The van der Waals surface area contributed by atoms with E-state index in [0.29, 0.717) is 11.9 Å². The number of hydrogen-bond acceptors (Lipinski definition) is 1. The lowest BCUT2D eigenvalue weighted by Crippen LogP contribution is -2.37. The molecule has 19 heavy (non-hydrogen) atoms. The second kappa shape index (κ2) is 9.18. The van der Waals surface area contributed by atoms with Crippen LogP contribution in [0.5, 0.6) is 0 Å². The largest absolute Gasteiger partial charge is 0.370 e. The first kappa shape index (κ1) is 18.2. The number of guanidine groups is 1. The average molecular weight is 375 g/mol. The van der Waals surface area contributed by atoms with Crippen molar-refractivity contribution in [3.8, 4) is 0 Å². The zero-order valence-electron chi connectivity index (χ0n) is 12.4. The molecule has 0 fully saturated rings. The minimum absolute atomic E-state index is 0. The van der Waals surface area contributed by atoms with Crippen LogP contribution in [0.4, 0.5) is 0 Å². The lowest BCUT2D eigenvalue weighted by atomic mass is 10.0. The molecule has 1 atom stereocenters. The van der Waals surface area contributed by atoms with Gasteiger partial charge in [-0.2, -0.15) is 0 Å². The fraction of sp³-hybridized carbons (Fsp3) is 0.533. The monoisotopic (exact) mass is 375 g/mol. The summed E-state index contributed by atoms with van der Waals surface area (Å²) in [6.07, 6.45) is 0. The average Bonchev–Trinajstić information content (AvgIpc) is 2.38. The van der Waals surface area contributed by atoms with E-state index in [-0.39, 0.29) is 24.0 Å². The highest BCUT2D eigenvalue weighted by molar-refractivity contribution is 14.0. The van der Waals surface area contributed by atoms with Gasteiger partial charge in [-0.15, -0.1) is 24.0 Å². The standard InChI is InChI=1S/C15H25N3.HI/c1-5-18(6-2)15(16)17-11-13(4)14-9-7-12(3)8-10-14;/h7-10,13H,5-6,11H2,1-4H3,(H2,16,17);1H. The third kappa shape index (κ3) is 5.80. The molecule has 1 rings (SSSR count). The molecule has 3 nitrogen and oxygen atoms in total. The van der Waals surface area contributed by atoms with E-state index in [1.54, 1.807) is 0 Å². The van der Waals surface area contributed by atoms with Crippen LogP contribution in [0.25, 0.3) is 0 Å². The minimum Gasteiger partial charge on any atom is -0.370 e. The summed E-state index contributed by atoms with van der Waals surface area (Å²) in [7, 11) is 0. The van der Waals surface area contributed by atoms with Crippen LogP contribution in [0.2, 0.25) is 0 Å². The third-order valence-electron chi connectivity index (χ3n) is 3.26. The molecule has 0 heterocycles. The van der Waals surface area contributed by atoms with Crippen molar-refractivity contribution >= 4 is 29.9 Å². The Bertz CT molecular complexity index is 383. The van der Waals surface area contributed by atoms with Crippen molar-refractivity contribution in [1.82, 2.24) is 4.90 Å². The van der Waals surface area contributed by atoms with Gasteiger partial charge < -0.3 is 10.6 Å². The Morgan fingerprint density at radius 2 is 1.74 bits per heavy atom. The summed E-state index contributed by atoms with van der Waals surface area (Å²) in [5.41, 5.74) is 8.57. The summed E-state index contributed by atoms with van der Waals surface area (Å²) < 4.78 is 0. The molecule has 0 bridgehead atoms. The Hall–Kier alpha value is -0.780. The Morgan fingerprint density at radius 1 is 1.21 bits per heavy atom. The molecular weight excluding hydrogens is 349 g/mol. The fourth-order valence-electron chi connectivity index (χ4n) is 1.88. The lowest BCUT2D eigenvalue weighted by molar-refractivity contribution is 0.457. The molecule has 2 N–H and O–H groups in total. The van der Waals surface area contributed by atoms with Crippen molar-refractivity contribution in [3.05, 3.63) is 35.4 Å². The number of hydrogen-bond donors (Lipinski definition) is 1. The van der Waals surface area contributed by atoms with Crippen LogP contribution >= 0.6 is 24.0 Å². The van der Waals surface area contributed by atoms with Gasteiger partial charge in [-0.3, -0.25) is 4.99 Å². The molecule has 1 aromatic carbocycles. The van der Waals surface area contributed by atoms with E-state index in [1.165, 1.54) is 11.1 Å². The van der Waals surface area contributed by atoms with E-state index >= 15 is 0 Å². The topological polar surface area (TPSA) is 41.6 Å². The van der Waals surface area contributed by atoms with Gasteiger partial charge in [-0.1, -0.05) is 36.8 Å².